The Morgan fingerprint density at radius 1 is 1.25 bits per heavy atom. The molecule has 1 aromatic carbocycles. The minimum Gasteiger partial charge on any atom is -0.321 e. The van der Waals surface area contributed by atoms with E-state index in [2.05, 4.69) is 15.7 Å². The number of halogens is 1. The zero-order valence-electron chi connectivity index (χ0n) is 16.2. The van der Waals surface area contributed by atoms with Gasteiger partial charge in [0.1, 0.15) is 12.1 Å². The van der Waals surface area contributed by atoms with Crippen LogP contribution in [0.4, 0.5) is 10.5 Å². The van der Waals surface area contributed by atoms with Crippen LogP contribution in [-0.2, 0) is 22.2 Å². The third-order valence-corrected chi connectivity index (χ3v) is 5.37. The largest absolute Gasteiger partial charge is 0.325 e. The molecule has 0 radical (unpaired) electrons. The second kappa shape index (κ2) is 7.27. The lowest BCUT2D eigenvalue weighted by molar-refractivity contribution is -0.134. The van der Waals surface area contributed by atoms with E-state index in [1.54, 1.807) is 49.8 Å². The lowest BCUT2D eigenvalue weighted by Crippen LogP contribution is -2.44. The monoisotopic (exact) mass is 403 g/mol. The fraction of sp³-hybridized carbons (Fsp3) is 0.368. The summed E-state index contributed by atoms with van der Waals surface area (Å²) < 4.78 is 1.65. The molecule has 4 amide bonds. The Kier molecular flexibility index (Phi) is 5.16. The maximum atomic E-state index is 13.1. The summed E-state index contributed by atoms with van der Waals surface area (Å²) in [5.41, 5.74) is 1.45. The Labute approximate surface area is 167 Å². The number of aromatic nitrogens is 2. The second-order valence-corrected chi connectivity index (χ2v) is 7.24. The van der Waals surface area contributed by atoms with Crippen LogP contribution in [0.15, 0.2) is 24.3 Å². The number of benzene rings is 1. The van der Waals surface area contributed by atoms with E-state index in [0.717, 1.165) is 10.6 Å². The van der Waals surface area contributed by atoms with E-state index in [9.17, 15) is 14.4 Å². The van der Waals surface area contributed by atoms with Crippen LogP contribution in [0, 0.1) is 13.8 Å². The van der Waals surface area contributed by atoms with Gasteiger partial charge in [-0.25, -0.2) is 4.79 Å². The highest BCUT2D eigenvalue weighted by molar-refractivity contribution is 6.30. The highest BCUT2D eigenvalue weighted by Gasteiger charge is 2.51. The molecule has 0 spiro atoms. The van der Waals surface area contributed by atoms with Crippen molar-refractivity contribution in [1.82, 2.24) is 20.0 Å². The minimum absolute atomic E-state index is 0.345. The SMILES string of the molecule is CCC1(c2ccc(Cl)cc2)NC(=O)N(CC(=O)Nc2c(C)nn(C)c2C)C1=O. The van der Waals surface area contributed by atoms with Crippen molar-refractivity contribution < 1.29 is 14.4 Å². The van der Waals surface area contributed by atoms with Crippen LogP contribution in [0.2, 0.25) is 5.02 Å². The molecule has 1 aromatic heterocycles. The smallest absolute Gasteiger partial charge is 0.321 e. The van der Waals surface area contributed by atoms with Gasteiger partial charge in [-0.3, -0.25) is 19.2 Å². The molecule has 1 aliphatic heterocycles. The highest BCUT2D eigenvalue weighted by atomic mass is 35.5. The molecule has 2 aromatic rings. The minimum atomic E-state index is -1.21. The zero-order valence-corrected chi connectivity index (χ0v) is 16.9. The number of nitrogens with zero attached hydrogens (tertiary/aromatic N) is 3. The van der Waals surface area contributed by atoms with Crippen molar-refractivity contribution in [2.45, 2.75) is 32.7 Å². The molecular weight excluding hydrogens is 382 g/mol. The number of hydrogen-bond acceptors (Lipinski definition) is 4. The number of urea groups is 1. The van der Waals surface area contributed by atoms with Crippen molar-refractivity contribution in [3.05, 3.63) is 46.2 Å². The number of amides is 4. The standard InChI is InChI=1S/C19H22ClN5O3/c1-5-19(13-6-8-14(20)9-7-13)17(27)25(18(28)22-19)10-15(26)21-16-11(2)23-24(4)12(16)3/h6-9H,5,10H2,1-4H3,(H,21,26)(H,22,28). The van der Waals surface area contributed by atoms with Crippen LogP contribution < -0.4 is 10.6 Å². The van der Waals surface area contributed by atoms with E-state index in [1.165, 1.54) is 0 Å². The Bertz CT molecular complexity index is 953. The summed E-state index contributed by atoms with van der Waals surface area (Å²) in [6.45, 7) is 5.03. The fourth-order valence-corrected chi connectivity index (χ4v) is 3.55. The van der Waals surface area contributed by atoms with Crippen LogP contribution in [0.25, 0.3) is 0 Å². The number of carbonyl (C=O) groups excluding carboxylic acids is 3. The summed E-state index contributed by atoms with van der Waals surface area (Å²) in [7, 11) is 1.77. The first kappa shape index (κ1) is 19.9. The normalized spacial score (nSPS) is 19.1. The molecule has 1 atom stereocenters. The molecule has 2 heterocycles. The van der Waals surface area contributed by atoms with Gasteiger partial charge < -0.3 is 10.6 Å². The van der Waals surface area contributed by atoms with Crippen molar-refractivity contribution in [3.8, 4) is 0 Å². The van der Waals surface area contributed by atoms with Gasteiger partial charge in [0.2, 0.25) is 5.91 Å². The van der Waals surface area contributed by atoms with Gasteiger partial charge in [0, 0.05) is 12.1 Å². The number of aryl methyl sites for hydroxylation is 2. The first-order valence-electron chi connectivity index (χ1n) is 8.89. The zero-order chi connectivity index (χ0) is 20.6. The molecule has 2 N–H and O–H groups in total. The van der Waals surface area contributed by atoms with E-state index in [4.69, 9.17) is 11.6 Å². The number of anilines is 1. The molecule has 1 unspecified atom stereocenters. The average Bonchev–Trinajstić information content (AvgIpc) is 3.04. The third-order valence-electron chi connectivity index (χ3n) is 5.12. The molecule has 28 heavy (non-hydrogen) atoms. The van der Waals surface area contributed by atoms with Crippen LogP contribution >= 0.6 is 11.6 Å². The van der Waals surface area contributed by atoms with E-state index in [-0.39, 0.29) is 6.54 Å². The van der Waals surface area contributed by atoms with Crippen molar-refractivity contribution in [3.63, 3.8) is 0 Å². The average molecular weight is 404 g/mol. The van der Waals surface area contributed by atoms with Crippen molar-refractivity contribution in [2.24, 2.45) is 7.05 Å². The third kappa shape index (κ3) is 3.24. The fourth-order valence-electron chi connectivity index (χ4n) is 3.42. The van der Waals surface area contributed by atoms with Gasteiger partial charge in [0.05, 0.1) is 17.1 Å². The molecule has 3 rings (SSSR count). The van der Waals surface area contributed by atoms with Crippen LogP contribution in [0.3, 0.4) is 0 Å². The summed E-state index contributed by atoms with van der Waals surface area (Å²) in [6, 6.07) is 6.14. The Morgan fingerprint density at radius 3 is 2.43 bits per heavy atom. The quantitative estimate of drug-likeness (QED) is 0.749. The van der Waals surface area contributed by atoms with E-state index in [1.807, 2.05) is 6.92 Å². The summed E-state index contributed by atoms with van der Waals surface area (Å²) in [5.74, 6) is -0.928. The number of hydrogen-bond donors (Lipinski definition) is 2. The maximum absolute atomic E-state index is 13.1. The molecule has 0 bridgehead atoms. The van der Waals surface area contributed by atoms with Crippen molar-refractivity contribution in [2.75, 3.05) is 11.9 Å². The van der Waals surface area contributed by atoms with Gasteiger partial charge in [0.15, 0.2) is 0 Å². The molecule has 9 heteroatoms. The Morgan fingerprint density at radius 2 is 1.89 bits per heavy atom. The second-order valence-electron chi connectivity index (χ2n) is 6.80. The topological polar surface area (TPSA) is 96.3 Å². The molecule has 8 nitrogen and oxygen atoms in total. The maximum Gasteiger partial charge on any atom is 0.325 e. The summed E-state index contributed by atoms with van der Waals surface area (Å²) in [5, 5.41) is 10.3. The van der Waals surface area contributed by atoms with Crippen molar-refractivity contribution >= 4 is 35.1 Å². The summed E-state index contributed by atoms with van der Waals surface area (Å²) in [6.07, 6.45) is 0.345. The Hall–Kier alpha value is -2.87. The van der Waals surface area contributed by atoms with E-state index < -0.39 is 23.4 Å². The van der Waals surface area contributed by atoms with Gasteiger partial charge in [-0.15, -0.1) is 0 Å². The molecule has 1 saturated heterocycles. The van der Waals surface area contributed by atoms with Gasteiger partial charge >= 0.3 is 6.03 Å². The summed E-state index contributed by atoms with van der Waals surface area (Å²) in [4.78, 5) is 39.0. The van der Waals surface area contributed by atoms with Gasteiger partial charge in [-0.05, 0) is 38.0 Å². The molecule has 0 saturated carbocycles. The summed E-state index contributed by atoms with van der Waals surface area (Å²) >= 11 is 5.93. The van der Waals surface area contributed by atoms with Gasteiger partial charge in [0.25, 0.3) is 5.91 Å². The molecule has 0 aliphatic carbocycles. The van der Waals surface area contributed by atoms with Crippen molar-refractivity contribution in [1.29, 1.82) is 0 Å². The van der Waals surface area contributed by atoms with Crippen LogP contribution in [-0.4, -0.2) is 39.1 Å². The van der Waals surface area contributed by atoms with Crippen LogP contribution in [0.1, 0.15) is 30.3 Å². The lowest BCUT2D eigenvalue weighted by atomic mass is 9.87. The lowest BCUT2D eigenvalue weighted by Gasteiger charge is -2.25. The molecule has 148 valence electrons. The number of carbonyl (C=O) groups is 3. The Balaban J connectivity index is 1.81. The van der Waals surface area contributed by atoms with Gasteiger partial charge in [-0.2, -0.15) is 5.10 Å². The highest BCUT2D eigenvalue weighted by Crippen LogP contribution is 2.33. The molecule has 1 aliphatic rings. The van der Waals surface area contributed by atoms with Crippen LogP contribution in [0.5, 0.6) is 0 Å². The van der Waals surface area contributed by atoms with Gasteiger partial charge in [-0.1, -0.05) is 30.7 Å². The first-order chi connectivity index (χ1) is 13.2. The van der Waals surface area contributed by atoms with E-state index in [0.29, 0.717) is 28.4 Å². The predicted molar refractivity (Wildman–Crippen MR) is 105 cm³/mol. The number of nitrogens with one attached hydrogen (secondary N) is 2. The van der Waals surface area contributed by atoms with E-state index >= 15 is 0 Å². The number of rotatable bonds is 5. The molecular formula is C19H22ClN5O3. The number of imide groups is 1. The molecule has 1 fully saturated rings. The predicted octanol–water partition coefficient (Wildman–Crippen LogP) is 2.49. The first-order valence-corrected chi connectivity index (χ1v) is 9.27.